The molecule has 8 heteroatoms. The minimum Gasteiger partial charge on any atom is -0.396 e. The van der Waals surface area contributed by atoms with Gasteiger partial charge in [0.05, 0.1) is 12.6 Å². The number of fused-ring (bicyclic) bond motifs is 1. The summed E-state index contributed by atoms with van der Waals surface area (Å²) >= 11 is 5.93. The molecule has 1 aliphatic rings. The van der Waals surface area contributed by atoms with Crippen LogP contribution in [0.4, 0.5) is 0 Å². The second-order valence-corrected chi connectivity index (χ2v) is 4.60. The molecular formula is C10H12ClN5O2. The van der Waals surface area contributed by atoms with E-state index in [0.717, 1.165) is 0 Å². The van der Waals surface area contributed by atoms with E-state index in [0.29, 0.717) is 22.9 Å². The van der Waals surface area contributed by atoms with Crippen LogP contribution in [0.25, 0.3) is 11.2 Å². The topological polar surface area (TPSA) is 87.3 Å². The highest BCUT2D eigenvalue weighted by molar-refractivity contribution is 6.33. The molecule has 2 N–H and O–H groups in total. The zero-order chi connectivity index (χ0) is 12.7. The lowest BCUT2D eigenvalue weighted by molar-refractivity contribution is 0.0900. The van der Waals surface area contributed by atoms with Crippen LogP contribution in [-0.4, -0.2) is 55.6 Å². The fraction of sp³-hybridized carbons (Fsp3) is 0.500. The molecule has 2 unspecified atom stereocenters. The predicted octanol–water partition coefficient (Wildman–Crippen LogP) is -0.599. The molecule has 1 aliphatic heterocycles. The molecule has 0 bridgehead atoms. The molecule has 0 amide bonds. The van der Waals surface area contributed by atoms with Crippen molar-refractivity contribution in [1.29, 1.82) is 0 Å². The predicted molar refractivity (Wildman–Crippen MR) is 64.9 cm³/mol. The number of imidazole rings is 1. The standard InChI is InChI=1S/C10H12ClN5O2/c11-9-8-10(13-4-12-9)16(5-14-8)15-1-6(2-17)7(15)3-18/h4-7,17-18H,1-3H2. The lowest BCUT2D eigenvalue weighted by Gasteiger charge is -2.47. The molecule has 1 saturated heterocycles. The van der Waals surface area contributed by atoms with Crippen LogP contribution < -0.4 is 5.01 Å². The Morgan fingerprint density at radius 3 is 2.83 bits per heavy atom. The quantitative estimate of drug-likeness (QED) is 0.724. The average molecular weight is 270 g/mol. The first-order valence-corrected chi connectivity index (χ1v) is 5.96. The fourth-order valence-electron chi connectivity index (χ4n) is 2.26. The lowest BCUT2D eigenvalue weighted by Crippen LogP contribution is -2.64. The Balaban J connectivity index is 1.99. The molecule has 0 spiro atoms. The van der Waals surface area contributed by atoms with Crippen molar-refractivity contribution in [2.24, 2.45) is 5.92 Å². The Morgan fingerprint density at radius 2 is 2.11 bits per heavy atom. The van der Waals surface area contributed by atoms with Gasteiger partial charge in [-0.15, -0.1) is 0 Å². The molecule has 3 rings (SSSR count). The van der Waals surface area contributed by atoms with E-state index in [1.807, 2.05) is 5.01 Å². The van der Waals surface area contributed by atoms with Gasteiger partial charge in [0.25, 0.3) is 0 Å². The Hall–Kier alpha value is -1.44. The first-order chi connectivity index (χ1) is 8.76. The maximum atomic E-state index is 9.34. The van der Waals surface area contributed by atoms with Crippen molar-refractivity contribution in [3.63, 3.8) is 0 Å². The van der Waals surface area contributed by atoms with Crippen molar-refractivity contribution in [2.45, 2.75) is 6.04 Å². The van der Waals surface area contributed by atoms with E-state index in [2.05, 4.69) is 15.0 Å². The van der Waals surface area contributed by atoms with Crippen molar-refractivity contribution in [2.75, 3.05) is 24.8 Å². The van der Waals surface area contributed by atoms with Gasteiger partial charge in [0.15, 0.2) is 10.8 Å². The number of hydrogen-bond donors (Lipinski definition) is 2. The number of nitrogens with zero attached hydrogens (tertiary/aromatic N) is 5. The van der Waals surface area contributed by atoms with Crippen molar-refractivity contribution >= 4 is 22.8 Å². The summed E-state index contributed by atoms with van der Waals surface area (Å²) in [7, 11) is 0. The van der Waals surface area contributed by atoms with Crippen LogP contribution in [0, 0.1) is 5.92 Å². The monoisotopic (exact) mass is 269 g/mol. The van der Waals surface area contributed by atoms with Gasteiger partial charge in [-0.05, 0) is 0 Å². The van der Waals surface area contributed by atoms with E-state index in [-0.39, 0.29) is 25.2 Å². The molecule has 2 aromatic rings. The van der Waals surface area contributed by atoms with Gasteiger partial charge in [-0.2, -0.15) is 0 Å². The largest absolute Gasteiger partial charge is 0.396 e. The molecule has 7 nitrogen and oxygen atoms in total. The summed E-state index contributed by atoms with van der Waals surface area (Å²) in [4.78, 5) is 12.2. The molecular weight excluding hydrogens is 258 g/mol. The molecule has 0 saturated carbocycles. The zero-order valence-corrected chi connectivity index (χ0v) is 10.2. The Morgan fingerprint density at radius 1 is 1.28 bits per heavy atom. The molecule has 2 atom stereocenters. The zero-order valence-electron chi connectivity index (χ0n) is 9.44. The molecule has 3 heterocycles. The van der Waals surface area contributed by atoms with Crippen LogP contribution in [0.1, 0.15) is 0 Å². The molecule has 0 aromatic carbocycles. The number of halogens is 1. The second-order valence-electron chi connectivity index (χ2n) is 4.24. The Bertz CT molecular complexity index is 574. The van der Waals surface area contributed by atoms with Gasteiger partial charge < -0.3 is 15.2 Å². The van der Waals surface area contributed by atoms with Gasteiger partial charge in [-0.3, -0.25) is 0 Å². The Kier molecular flexibility index (Phi) is 2.81. The van der Waals surface area contributed by atoms with Crippen LogP contribution in [0.15, 0.2) is 12.7 Å². The lowest BCUT2D eigenvalue weighted by atomic mass is 9.92. The van der Waals surface area contributed by atoms with E-state index in [4.69, 9.17) is 16.7 Å². The number of aliphatic hydroxyl groups excluding tert-OH is 2. The van der Waals surface area contributed by atoms with Crippen LogP contribution in [0.2, 0.25) is 5.15 Å². The van der Waals surface area contributed by atoms with Gasteiger partial charge >= 0.3 is 0 Å². The van der Waals surface area contributed by atoms with E-state index >= 15 is 0 Å². The van der Waals surface area contributed by atoms with Crippen molar-refractivity contribution in [3.05, 3.63) is 17.8 Å². The van der Waals surface area contributed by atoms with Crippen LogP contribution in [0.5, 0.6) is 0 Å². The first-order valence-electron chi connectivity index (χ1n) is 5.58. The number of hydrogen-bond acceptors (Lipinski definition) is 6. The van der Waals surface area contributed by atoms with Crippen LogP contribution >= 0.6 is 11.6 Å². The molecule has 1 fully saturated rings. The van der Waals surface area contributed by atoms with Gasteiger partial charge in [0.2, 0.25) is 0 Å². The van der Waals surface area contributed by atoms with Gasteiger partial charge in [0.1, 0.15) is 18.2 Å². The van der Waals surface area contributed by atoms with E-state index in [1.165, 1.54) is 6.33 Å². The van der Waals surface area contributed by atoms with E-state index in [1.54, 1.807) is 11.0 Å². The minimum absolute atomic E-state index is 0.0241. The normalized spacial score (nSPS) is 23.4. The summed E-state index contributed by atoms with van der Waals surface area (Å²) in [5.74, 6) is 0.0739. The van der Waals surface area contributed by atoms with E-state index < -0.39 is 0 Å². The maximum Gasteiger partial charge on any atom is 0.183 e. The van der Waals surface area contributed by atoms with Crippen LogP contribution in [0.3, 0.4) is 0 Å². The summed E-state index contributed by atoms with van der Waals surface area (Å²) in [6.07, 6.45) is 2.97. The van der Waals surface area contributed by atoms with Gasteiger partial charge in [0, 0.05) is 19.1 Å². The smallest absolute Gasteiger partial charge is 0.183 e. The van der Waals surface area contributed by atoms with Gasteiger partial charge in [-0.25, -0.2) is 19.6 Å². The minimum atomic E-state index is -0.124. The SMILES string of the molecule is OCC1CN(n2cnc3c(Cl)ncnc32)C1CO. The molecule has 96 valence electrons. The first kappa shape index (κ1) is 11.6. The molecule has 2 aromatic heterocycles. The average Bonchev–Trinajstić information content (AvgIpc) is 2.75. The highest BCUT2D eigenvalue weighted by Gasteiger charge is 2.39. The van der Waals surface area contributed by atoms with Crippen molar-refractivity contribution in [3.8, 4) is 0 Å². The summed E-state index contributed by atoms with van der Waals surface area (Å²) in [6, 6.07) is -0.124. The molecule has 18 heavy (non-hydrogen) atoms. The fourth-order valence-corrected chi connectivity index (χ4v) is 2.43. The Labute approximate surface area is 108 Å². The highest BCUT2D eigenvalue weighted by Crippen LogP contribution is 2.26. The molecule has 0 aliphatic carbocycles. The highest BCUT2D eigenvalue weighted by atomic mass is 35.5. The summed E-state index contributed by atoms with van der Waals surface area (Å²) in [6.45, 7) is 0.683. The van der Waals surface area contributed by atoms with Crippen LogP contribution in [-0.2, 0) is 0 Å². The van der Waals surface area contributed by atoms with Crippen molar-refractivity contribution < 1.29 is 10.2 Å². The maximum absolute atomic E-state index is 9.34. The summed E-state index contributed by atoms with van der Waals surface area (Å²) < 4.78 is 1.75. The third-order valence-corrected chi connectivity index (χ3v) is 3.59. The number of aromatic nitrogens is 4. The van der Waals surface area contributed by atoms with Crippen molar-refractivity contribution in [1.82, 2.24) is 19.6 Å². The summed E-state index contributed by atoms with van der Waals surface area (Å²) in [5, 5.41) is 20.7. The number of rotatable bonds is 3. The third kappa shape index (κ3) is 1.55. The molecule has 0 radical (unpaired) electrons. The number of aliphatic hydroxyl groups is 2. The second kappa shape index (κ2) is 4.34. The van der Waals surface area contributed by atoms with E-state index in [9.17, 15) is 5.11 Å². The third-order valence-electron chi connectivity index (χ3n) is 3.32. The van der Waals surface area contributed by atoms with Gasteiger partial charge in [-0.1, -0.05) is 11.6 Å². The summed E-state index contributed by atoms with van der Waals surface area (Å²) in [5.41, 5.74) is 1.13.